The molecule has 5 rings (SSSR count). The van der Waals surface area contributed by atoms with Gasteiger partial charge in [-0.25, -0.2) is 9.67 Å². The molecule has 0 amide bonds. The minimum absolute atomic E-state index is 0.0285. The van der Waals surface area contributed by atoms with Gasteiger partial charge in [0.2, 0.25) is 0 Å². The highest BCUT2D eigenvalue weighted by Crippen LogP contribution is 2.41. The van der Waals surface area contributed by atoms with Crippen LogP contribution in [0.3, 0.4) is 0 Å². The standard InChI is InChI=1S/C26H22ClF6N5O4/c1-12-35-24(38(36-12)18-8-16(27)6-7-17(18)26(31,32)33)23-22(41)20(21(40)19(11-39)42-23)37-10-14(9-34-37)13-2-4-15(5-3-13)25(28,29)30/h2-10,19-23,39-41H,11H2,1H3/t19-,20+,21+,22-,23-/m1/s1. The number of ether oxygens (including phenoxy) is 1. The lowest BCUT2D eigenvalue weighted by atomic mass is 9.92. The fourth-order valence-electron chi connectivity index (χ4n) is 4.84. The number of nitrogens with zero attached hydrogens (tertiary/aromatic N) is 5. The van der Waals surface area contributed by atoms with Crippen LogP contribution in [-0.4, -0.2) is 64.8 Å². The highest BCUT2D eigenvalue weighted by atomic mass is 35.5. The maximum atomic E-state index is 13.9. The van der Waals surface area contributed by atoms with E-state index in [1.165, 1.54) is 31.5 Å². The van der Waals surface area contributed by atoms with E-state index in [1.54, 1.807) is 0 Å². The van der Waals surface area contributed by atoms with Crippen molar-refractivity contribution in [2.45, 2.75) is 49.7 Å². The summed E-state index contributed by atoms with van der Waals surface area (Å²) in [5.74, 6) is -0.237. The van der Waals surface area contributed by atoms with E-state index in [2.05, 4.69) is 15.2 Å². The van der Waals surface area contributed by atoms with Crippen molar-refractivity contribution in [2.24, 2.45) is 0 Å². The van der Waals surface area contributed by atoms with Gasteiger partial charge in [-0.2, -0.15) is 36.5 Å². The summed E-state index contributed by atoms with van der Waals surface area (Å²) in [5, 5.41) is 40.5. The van der Waals surface area contributed by atoms with E-state index in [4.69, 9.17) is 16.3 Å². The first-order valence-electron chi connectivity index (χ1n) is 12.3. The topological polar surface area (TPSA) is 118 Å². The summed E-state index contributed by atoms with van der Waals surface area (Å²) in [5.41, 5.74) is -1.73. The zero-order valence-corrected chi connectivity index (χ0v) is 22.2. The first kappa shape index (κ1) is 30.0. The molecular formula is C26H22ClF6N5O4. The van der Waals surface area contributed by atoms with Crippen molar-refractivity contribution in [3.63, 3.8) is 0 Å². The second kappa shape index (κ2) is 11.0. The quantitative estimate of drug-likeness (QED) is 0.282. The normalized spacial score (nSPS) is 23.4. The third-order valence-corrected chi connectivity index (χ3v) is 7.07. The summed E-state index contributed by atoms with van der Waals surface area (Å²) < 4.78 is 88.2. The predicted molar refractivity (Wildman–Crippen MR) is 135 cm³/mol. The summed E-state index contributed by atoms with van der Waals surface area (Å²) >= 11 is 6.00. The molecule has 2 aromatic heterocycles. The molecule has 4 aromatic rings. The molecular weight excluding hydrogens is 596 g/mol. The van der Waals surface area contributed by atoms with Crippen LogP contribution in [0.2, 0.25) is 5.02 Å². The van der Waals surface area contributed by atoms with Gasteiger partial charge in [-0.15, -0.1) is 0 Å². The van der Waals surface area contributed by atoms with Crippen LogP contribution in [0.15, 0.2) is 54.9 Å². The van der Waals surface area contributed by atoms with Gasteiger partial charge in [0.25, 0.3) is 0 Å². The fourth-order valence-corrected chi connectivity index (χ4v) is 5.01. The Labute approximate surface area is 238 Å². The number of aromatic nitrogens is 5. The van der Waals surface area contributed by atoms with Gasteiger partial charge in [0.15, 0.2) is 5.82 Å². The molecule has 0 bridgehead atoms. The van der Waals surface area contributed by atoms with Crippen LogP contribution < -0.4 is 0 Å². The summed E-state index contributed by atoms with van der Waals surface area (Å²) in [4.78, 5) is 4.19. The van der Waals surface area contributed by atoms with Gasteiger partial charge in [0, 0.05) is 16.8 Å². The third-order valence-electron chi connectivity index (χ3n) is 6.83. The largest absolute Gasteiger partial charge is 0.418 e. The lowest BCUT2D eigenvalue weighted by molar-refractivity contribution is -0.210. The maximum absolute atomic E-state index is 13.9. The molecule has 1 aliphatic heterocycles. The van der Waals surface area contributed by atoms with Crippen molar-refractivity contribution in [3.8, 4) is 16.8 Å². The van der Waals surface area contributed by atoms with Gasteiger partial charge in [-0.3, -0.25) is 4.68 Å². The minimum Gasteiger partial charge on any atom is -0.394 e. The van der Waals surface area contributed by atoms with E-state index in [1.807, 2.05) is 0 Å². The van der Waals surface area contributed by atoms with Gasteiger partial charge in [-0.1, -0.05) is 23.7 Å². The zero-order valence-electron chi connectivity index (χ0n) is 21.4. The summed E-state index contributed by atoms with van der Waals surface area (Å²) in [6.07, 6.45) is -12.8. The summed E-state index contributed by atoms with van der Waals surface area (Å²) in [6.45, 7) is 0.665. The smallest absolute Gasteiger partial charge is 0.394 e. The molecule has 0 radical (unpaired) electrons. The lowest BCUT2D eigenvalue weighted by Gasteiger charge is -2.42. The van der Waals surface area contributed by atoms with E-state index in [9.17, 15) is 41.7 Å². The zero-order chi connectivity index (χ0) is 30.6. The Hall–Kier alpha value is -3.50. The number of hydrogen-bond acceptors (Lipinski definition) is 7. The second-order valence-corrected chi connectivity index (χ2v) is 10.1. The third kappa shape index (κ3) is 5.62. The molecule has 1 saturated heterocycles. The Morgan fingerprint density at radius 3 is 2.26 bits per heavy atom. The van der Waals surface area contributed by atoms with E-state index in [-0.39, 0.29) is 16.7 Å². The molecule has 5 atom stereocenters. The van der Waals surface area contributed by atoms with Crippen molar-refractivity contribution < 1.29 is 46.4 Å². The molecule has 3 N–H and O–H groups in total. The maximum Gasteiger partial charge on any atom is 0.418 e. The number of aryl methyl sites for hydroxylation is 1. The average Bonchev–Trinajstić information content (AvgIpc) is 3.55. The number of aliphatic hydroxyl groups excluding tert-OH is 3. The van der Waals surface area contributed by atoms with Crippen molar-refractivity contribution in [2.75, 3.05) is 6.61 Å². The van der Waals surface area contributed by atoms with Crippen LogP contribution in [0.5, 0.6) is 0 Å². The predicted octanol–water partition coefficient (Wildman–Crippen LogP) is 4.53. The molecule has 3 heterocycles. The van der Waals surface area contributed by atoms with Crippen LogP contribution in [0.25, 0.3) is 16.8 Å². The van der Waals surface area contributed by atoms with Gasteiger partial charge >= 0.3 is 12.4 Å². The number of rotatable bonds is 5. The number of aliphatic hydroxyl groups is 3. The Kier molecular flexibility index (Phi) is 7.83. The first-order valence-corrected chi connectivity index (χ1v) is 12.7. The molecule has 0 saturated carbocycles. The molecule has 42 heavy (non-hydrogen) atoms. The number of halogens is 7. The molecule has 1 fully saturated rings. The van der Waals surface area contributed by atoms with Crippen molar-refractivity contribution in [1.82, 2.24) is 24.5 Å². The molecule has 0 spiro atoms. The van der Waals surface area contributed by atoms with Crippen LogP contribution in [0.4, 0.5) is 26.3 Å². The Bertz CT molecular complexity index is 1570. The van der Waals surface area contributed by atoms with Crippen molar-refractivity contribution in [1.29, 1.82) is 0 Å². The molecule has 0 aliphatic carbocycles. The van der Waals surface area contributed by atoms with Gasteiger partial charge in [0.05, 0.1) is 29.6 Å². The lowest BCUT2D eigenvalue weighted by Crippen LogP contribution is -2.53. The molecule has 16 heteroatoms. The Morgan fingerprint density at radius 1 is 0.952 bits per heavy atom. The second-order valence-electron chi connectivity index (χ2n) is 9.62. The van der Waals surface area contributed by atoms with Gasteiger partial charge in [-0.05, 0) is 42.8 Å². The molecule has 1 aliphatic rings. The Morgan fingerprint density at radius 2 is 1.64 bits per heavy atom. The average molecular weight is 618 g/mol. The van der Waals surface area contributed by atoms with Gasteiger partial charge < -0.3 is 20.1 Å². The highest BCUT2D eigenvalue weighted by Gasteiger charge is 2.48. The summed E-state index contributed by atoms with van der Waals surface area (Å²) in [6, 6.07) is 5.78. The van der Waals surface area contributed by atoms with Crippen LogP contribution in [-0.2, 0) is 17.1 Å². The fraction of sp³-hybridized carbons (Fsp3) is 0.346. The van der Waals surface area contributed by atoms with Crippen LogP contribution in [0, 0.1) is 6.92 Å². The SMILES string of the molecule is Cc1nc([C@@H]2O[C@H](CO)[C@H](O)[C@H](n3cc(-c4ccc(C(F)(F)F)cc4)cn3)[C@H]2O)n(-c2cc(Cl)ccc2C(F)(F)F)n1. The number of alkyl halides is 6. The van der Waals surface area contributed by atoms with Gasteiger partial charge in [0.1, 0.15) is 36.3 Å². The monoisotopic (exact) mass is 617 g/mol. The molecule has 9 nitrogen and oxygen atoms in total. The minimum atomic E-state index is -4.81. The highest BCUT2D eigenvalue weighted by molar-refractivity contribution is 6.30. The summed E-state index contributed by atoms with van der Waals surface area (Å²) in [7, 11) is 0. The van der Waals surface area contributed by atoms with E-state index < -0.39 is 66.2 Å². The molecule has 224 valence electrons. The number of hydrogen-bond donors (Lipinski definition) is 3. The van der Waals surface area contributed by atoms with E-state index in [0.717, 1.165) is 39.7 Å². The van der Waals surface area contributed by atoms with E-state index in [0.29, 0.717) is 11.1 Å². The van der Waals surface area contributed by atoms with Crippen molar-refractivity contribution in [3.05, 3.63) is 82.7 Å². The van der Waals surface area contributed by atoms with Crippen LogP contribution >= 0.6 is 11.6 Å². The van der Waals surface area contributed by atoms with Crippen molar-refractivity contribution >= 4 is 11.6 Å². The number of benzene rings is 2. The first-order chi connectivity index (χ1) is 19.7. The van der Waals surface area contributed by atoms with E-state index >= 15 is 0 Å². The Balaban J connectivity index is 1.54. The molecule has 2 aromatic carbocycles. The molecule has 0 unspecified atom stereocenters. The van der Waals surface area contributed by atoms with Crippen LogP contribution in [0.1, 0.15) is 34.9 Å².